The summed E-state index contributed by atoms with van der Waals surface area (Å²) in [6, 6.07) is 0. The van der Waals surface area contributed by atoms with Crippen LogP contribution in [0.25, 0.3) is 0 Å². The molecule has 0 amide bonds. The molecule has 0 aliphatic rings. The zero-order valence-corrected chi connectivity index (χ0v) is 7.89. The molecule has 0 saturated heterocycles. The van der Waals surface area contributed by atoms with E-state index in [2.05, 4.69) is 19.6 Å². The van der Waals surface area contributed by atoms with Gasteiger partial charge in [0.2, 0.25) is 0 Å². The minimum atomic E-state index is -0.363. The summed E-state index contributed by atoms with van der Waals surface area (Å²) in [4.78, 5) is 0. The molecule has 0 saturated carbocycles. The first-order valence-electron chi connectivity index (χ1n) is 1.75. The van der Waals surface area contributed by atoms with Crippen LogP contribution < -0.4 is 0 Å². The van der Waals surface area contributed by atoms with E-state index in [9.17, 15) is 0 Å². The third kappa shape index (κ3) is 155. The van der Waals surface area contributed by atoms with Gasteiger partial charge in [-0.05, 0) is 13.8 Å². The Balaban J connectivity index is 0. The van der Waals surface area contributed by atoms with Crippen LogP contribution in [0.3, 0.4) is 0 Å². The van der Waals surface area contributed by atoms with Crippen LogP contribution in [-0.2, 0) is 14.9 Å². The Bertz CT molecular complexity index is 55.2. The first-order valence-corrected chi connectivity index (χ1v) is 7.33. The van der Waals surface area contributed by atoms with Crippen LogP contribution in [-0.4, -0.2) is 11.2 Å². The van der Waals surface area contributed by atoms with Crippen molar-refractivity contribution in [2.75, 3.05) is 0 Å². The van der Waals surface area contributed by atoms with Gasteiger partial charge in [-0.2, -0.15) is 0 Å². The topological polar surface area (TPSA) is 20.2 Å². The van der Waals surface area contributed by atoms with E-state index in [4.69, 9.17) is 5.11 Å². The van der Waals surface area contributed by atoms with Crippen molar-refractivity contribution in [2.45, 2.75) is 20.0 Å². The fraction of sp³-hybridized carbons (Fsp3) is 1.00. The Morgan fingerprint density at radius 3 is 1.43 bits per heavy atom. The Labute approximate surface area is 59.5 Å². The van der Waals surface area contributed by atoms with Gasteiger partial charge in [0, 0.05) is 6.10 Å². The third-order valence-electron chi connectivity index (χ3n) is 0. The Kier molecular flexibility index (Phi) is 15.9. The van der Waals surface area contributed by atoms with Crippen molar-refractivity contribution in [1.29, 1.82) is 0 Å². The summed E-state index contributed by atoms with van der Waals surface area (Å²) < 4.78 is 0. The molecule has 0 unspecified atom stereocenters. The molecule has 0 atom stereocenters. The molecule has 1 nitrogen and oxygen atoms in total. The van der Waals surface area contributed by atoms with Gasteiger partial charge in [0.1, 0.15) is 0 Å². The quantitative estimate of drug-likeness (QED) is 0.627. The third-order valence-corrected chi connectivity index (χ3v) is 0. The predicted molar refractivity (Wildman–Crippen MR) is 32.5 cm³/mol. The number of rotatable bonds is 0. The maximum absolute atomic E-state index is 8.06. The van der Waals surface area contributed by atoms with E-state index in [0.717, 1.165) is 0 Å². The van der Waals surface area contributed by atoms with Crippen molar-refractivity contribution < 1.29 is 20.0 Å². The molecule has 0 aromatic carbocycles. The normalized spacial score (nSPS) is 6.86. The van der Waals surface area contributed by atoms with E-state index in [1.165, 1.54) is 0 Å². The van der Waals surface area contributed by atoms with Crippen molar-refractivity contribution in [3.63, 3.8) is 0 Å². The fourth-order valence-corrected chi connectivity index (χ4v) is 0. The minimum absolute atomic E-state index is 0.167. The van der Waals surface area contributed by atoms with E-state index < -0.39 is 0 Å². The van der Waals surface area contributed by atoms with Gasteiger partial charge in [0.05, 0.1) is 0 Å². The van der Waals surface area contributed by atoms with Gasteiger partial charge < -0.3 is 5.11 Å². The van der Waals surface area contributed by atoms with Crippen LogP contribution >= 0.6 is 19.6 Å². The first kappa shape index (κ1) is 11.0. The second-order valence-electron chi connectivity index (χ2n) is 1.16. The van der Waals surface area contributed by atoms with Crippen molar-refractivity contribution in [2.24, 2.45) is 0 Å². The molecule has 0 aromatic heterocycles. The first-order chi connectivity index (χ1) is 3.15. The average molecular weight is 220 g/mol. The fourth-order valence-electron chi connectivity index (χ4n) is 0. The van der Waals surface area contributed by atoms with Crippen LogP contribution in [0.4, 0.5) is 0 Å². The molecule has 0 aliphatic carbocycles. The second kappa shape index (κ2) is 10.1. The van der Waals surface area contributed by atoms with Crippen molar-refractivity contribution in [3.05, 3.63) is 0 Å². The molecule has 0 fully saturated rings. The molecule has 1 N–H and O–H groups in total. The van der Waals surface area contributed by atoms with Gasteiger partial charge in [0.25, 0.3) is 0 Å². The van der Waals surface area contributed by atoms with E-state index in [-0.39, 0.29) is 21.0 Å². The average Bonchev–Trinajstić information content (AvgIpc) is 1.33. The number of hydrogen-bond donors (Lipinski definition) is 1. The maximum atomic E-state index is 8.06. The molecular formula is C3H8MoOS2. The Hall–Kier alpha value is 1.09. The second-order valence-corrected chi connectivity index (χ2v) is 4.72. The number of aliphatic hydroxyl groups is 1. The molecule has 0 bridgehead atoms. The van der Waals surface area contributed by atoms with Crippen LogP contribution in [0.1, 0.15) is 13.8 Å². The van der Waals surface area contributed by atoms with E-state index >= 15 is 0 Å². The molecule has 7 heavy (non-hydrogen) atoms. The van der Waals surface area contributed by atoms with Gasteiger partial charge >= 0.3 is 34.6 Å². The molecule has 0 aromatic rings. The molecule has 44 valence electrons. The zero-order valence-electron chi connectivity index (χ0n) is 4.25. The van der Waals surface area contributed by atoms with Crippen LogP contribution in [0.2, 0.25) is 0 Å². The van der Waals surface area contributed by atoms with E-state index in [1.807, 2.05) is 0 Å². The summed E-state index contributed by atoms with van der Waals surface area (Å²) in [7, 11) is 8.68. The summed E-state index contributed by atoms with van der Waals surface area (Å²) in [5, 5.41) is 8.06. The molecule has 0 spiro atoms. The van der Waals surface area contributed by atoms with Gasteiger partial charge in [-0.15, -0.1) is 0 Å². The molecule has 0 heterocycles. The van der Waals surface area contributed by atoms with Gasteiger partial charge in [-0.1, -0.05) is 0 Å². The van der Waals surface area contributed by atoms with Crippen molar-refractivity contribution >= 4 is 19.6 Å². The van der Waals surface area contributed by atoms with Gasteiger partial charge in [-0.3, -0.25) is 0 Å². The summed E-state index contributed by atoms with van der Waals surface area (Å²) >= 11 is -0.363. The number of hydrogen-bond acceptors (Lipinski definition) is 3. The van der Waals surface area contributed by atoms with E-state index in [0.29, 0.717) is 0 Å². The molecule has 0 rings (SSSR count). The zero-order chi connectivity index (χ0) is 6.28. The Morgan fingerprint density at radius 2 is 1.43 bits per heavy atom. The van der Waals surface area contributed by atoms with Crippen LogP contribution in [0.5, 0.6) is 0 Å². The standard InChI is InChI=1S/C3H8O.Mo.2S/c1-3(2)4;;;/h3-4H,1-2H3;;;. The molecule has 0 radical (unpaired) electrons. The SMILES string of the molecule is CC(C)O.[S]=[Mo]=[S]. The predicted octanol–water partition coefficient (Wildman–Crippen LogP) is 1.68. The van der Waals surface area contributed by atoms with E-state index in [1.54, 1.807) is 13.8 Å². The monoisotopic (exact) mass is 222 g/mol. The van der Waals surface area contributed by atoms with Crippen molar-refractivity contribution in [1.82, 2.24) is 0 Å². The van der Waals surface area contributed by atoms with Crippen LogP contribution in [0.15, 0.2) is 0 Å². The van der Waals surface area contributed by atoms with Crippen molar-refractivity contribution in [3.8, 4) is 0 Å². The summed E-state index contributed by atoms with van der Waals surface area (Å²) in [5.41, 5.74) is 0. The summed E-state index contributed by atoms with van der Waals surface area (Å²) in [6.07, 6.45) is -0.167. The van der Waals surface area contributed by atoms with Crippen LogP contribution in [0, 0.1) is 0 Å². The Morgan fingerprint density at radius 1 is 1.43 bits per heavy atom. The molecule has 0 aliphatic heterocycles. The van der Waals surface area contributed by atoms with Gasteiger partial charge in [-0.25, -0.2) is 0 Å². The summed E-state index contributed by atoms with van der Waals surface area (Å²) in [5.74, 6) is 0. The number of aliphatic hydroxyl groups excluding tert-OH is 1. The van der Waals surface area contributed by atoms with Gasteiger partial charge in [0.15, 0.2) is 0 Å². The summed E-state index contributed by atoms with van der Waals surface area (Å²) in [6.45, 7) is 3.44. The molecule has 4 heteroatoms. The molecular weight excluding hydrogens is 212 g/mol.